The standard InChI is InChI=1S/C38H36N6O6S2/c1-3-9-27-19-23(15-17-31(27)41-43-37-33(51(45,46)47)21-25-11-5-7-13-29(25)35(37)39)24-16-18-32(28(20-24)10-4-2)42-44-38-34(52(48,49)50)22-26-12-6-8-14-30(26)36(38)40/h5-8,11-22H,3-4,9-10,39-40H2,1-2H3,(H,45,46,47)(H,48,49,50)/b43-41+,44-42+. The van der Waals surface area contributed by atoms with Gasteiger partial charge < -0.3 is 11.5 Å². The van der Waals surface area contributed by atoms with Crippen molar-refractivity contribution in [1.29, 1.82) is 0 Å². The van der Waals surface area contributed by atoms with Crippen LogP contribution in [0.5, 0.6) is 0 Å². The molecule has 0 spiro atoms. The van der Waals surface area contributed by atoms with Crippen LogP contribution in [0.4, 0.5) is 34.1 Å². The van der Waals surface area contributed by atoms with Crippen molar-refractivity contribution in [2.45, 2.75) is 49.3 Å². The van der Waals surface area contributed by atoms with Crippen molar-refractivity contribution < 1.29 is 25.9 Å². The normalized spacial score (nSPS) is 12.5. The van der Waals surface area contributed by atoms with E-state index in [0.717, 1.165) is 35.1 Å². The van der Waals surface area contributed by atoms with Crippen molar-refractivity contribution in [3.63, 3.8) is 0 Å². The van der Waals surface area contributed by atoms with E-state index in [4.69, 9.17) is 11.5 Å². The summed E-state index contributed by atoms with van der Waals surface area (Å²) >= 11 is 0. The highest BCUT2D eigenvalue weighted by Gasteiger charge is 2.22. The van der Waals surface area contributed by atoms with Crippen molar-refractivity contribution in [2.24, 2.45) is 20.5 Å². The van der Waals surface area contributed by atoms with Crippen LogP contribution in [0.3, 0.4) is 0 Å². The number of hydrogen-bond donors (Lipinski definition) is 4. The third-order valence-electron chi connectivity index (χ3n) is 8.65. The van der Waals surface area contributed by atoms with Crippen molar-refractivity contribution >= 4 is 75.9 Å². The molecule has 0 amide bonds. The van der Waals surface area contributed by atoms with Crippen LogP contribution in [-0.2, 0) is 33.1 Å². The van der Waals surface area contributed by atoms with Gasteiger partial charge in [0.25, 0.3) is 20.2 Å². The van der Waals surface area contributed by atoms with Crippen molar-refractivity contribution in [1.82, 2.24) is 0 Å². The van der Waals surface area contributed by atoms with Crippen LogP contribution in [0.15, 0.2) is 127 Å². The molecule has 52 heavy (non-hydrogen) atoms. The molecule has 0 atom stereocenters. The fourth-order valence-electron chi connectivity index (χ4n) is 6.15. The Morgan fingerprint density at radius 2 is 0.923 bits per heavy atom. The molecule has 0 aliphatic carbocycles. The third kappa shape index (κ3) is 7.41. The van der Waals surface area contributed by atoms with Crippen LogP contribution >= 0.6 is 0 Å². The maximum atomic E-state index is 12.3. The number of nitrogen functional groups attached to an aromatic ring is 2. The molecule has 0 radical (unpaired) electrons. The lowest BCUT2D eigenvalue weighted by molar-refractivity contribution is 0.481. The molecule has 6 aromatic rings. The zero-order valence-corrected chi connectivity index (χ0v) is 30.0. The third-order valence-corrected chi connectivity index (χ3v) is 10.4. The van der Waals surface area contributed by atoms with Gasteiger partial charge in [-0.2, -0.15) is 27.1 Å². The van der Waals surface area contributed by atoms with Gasteiger partial charge in [-0.05, 0) is 82.3 Å². The van der Waals surface area contributed by atoms with E-state index in [0.29, 0.717) is 45.8 Å². The molecule has 6 rings (SSSR count). The number of azo groups is 2. The highest BCUT2D eigenvalue weighted by atomic mass is 32.2. The Morgan fingerprint density at radius 3 is 1.29 bits per heavy atom. The summed E-state index contributed by atoms with van der Waals surface area (Å²) < 4.78 is 69.2. The van der Waals surface area contributed by atoms with E-state index in [1.165, 1.54) is 12.1 Å². The summed E-state index contributed by atoms with van der Waals surface area (Å²) in [6.45, 7) is 4.06. The van der Waals surface area contributed by atoms with E-state index in [1.54, 1.807) is 60.7 Å². The number of anilines is 2. The molecule has 0 aliphatic rings. The van der Waals surface area contributed by atoms with Gasteiger partial charge in [-0.1, -0.05) is 87.4 Å². The van der Waals surface area contributed by atoms with Crippen LogP contribution in [-0.4, -0.2) is 25.9 Å². The van der Waals surface area contributed by atoms with E-state index in [9.17, 15) is 25.9 Å². The van der Waals surface area contributed by atoms with Crippen LogP contribution in [0, 0.1) is 0 Å². The number of rotatable bonds is 11. The largest absolute Gasteiger partial charge is 0.396 e. The minimum atomic E-state index is -4.66. The number of fused-ring (bicyclic) bond motifs is 2. The minimum absolute atomic E-state index is 0.0846. The summed E-state index contributed by atoms with van der Waals surface area (Å²) in [6, 6.07) is 27.9. The first kappa shape index (κ1) is 36.3. The first-order valence-electron chi connectivity index (χ1n) is 16.5. The zero-order valence-electron chi connectivity index (χ0n) is 28.4. The maximum Gasteiger partial charge on any atom is 0.296 e. The summed E-state index contributed by atoms with van der Waals surface area (Å²) in [4.78, 5) is -0.862. The van der Waals surface area contributed by atoms with Crippen molar-refractivity contribution in [3.8, 4) is 11.1 Å². The molecule has 6 N–H and O–H groups in total. The van der Waals surface area contributed by atoms with Crippen LogP contribution in [0.25, 0.3) is 32.7 Å². The second-order valence-corrected chi connectivity index (χ2v) is 15.0. The Labute approximate surface area is 301 Å². The van der Waals surface area contributed by atoms with Gasteiger partial charge in [0, 0.05) is 10.8 Å². The Bertz CT molecular complexity index is 2460. The molecule has 0 aromatic heterocycles. The lowest BCUT2D eigenvalue weighted by atomic mass is 9.96. The van der Waals surface area contributed by atoms with Crippen molar-refractivity contribution in [2.75, 3.05) is 11.5 Å². The quantitative estimate of drug-likeness (QED) is 0.0569. The van der Waals surface area contributed by atoms with Gasteiger partial charge in [0.1, 0.15) is 21.2 Å². The molecule has 0 saturated carbocycles. The second kappa shape index (κ2) is 14.6. The SMILES string of the molecule is CCCc1cc(-c2ccc(/N=N/c3c(S(=O)(=O)O)cc4ccccc4c3N)c(CCC)c2)ccc1/N=N/c1c(S(=O)(=O)O)cc2ccccc2c1N. The molecular weight excluding hydrogens is 701 g/mol. The fraction of sp³-hybridized carbons (Fsp3) is 0.158. The van der Waals surface area contributed by atoms with Crippen LogP contribution in [0.2, 0.25) is 0 Å². The summed E-state index contributed by atoms with van der Waals surface area (Å²) in [7, 11) is -9.32. The molecule has 0 saturated heterocycles. The molecular formula is C38H36N6O6S2. The van der Waals surface area contributed by atoms with Crippen molar-refractivity contribution in [3.05, 3.63) is 108 Å². The Hall–Kier alpha value is -5.54. The summed E-state index contributed by atoms with van der Waals surface area (Å²) in [5, 5.41) is 19.6. The number of hydrogen-bond acceptors (Lipinski definition) is 10. The monoisotopic (exact) mass is 736 g/mol. The number of nitrogens with two attached hydrogens (primary N) is 2. The van der Waals surface area contributed by atoms with Crippen LogP contribution < -0.4 is 11.5 Å². The molecule has 12 nitrogen and oxygen atoms in total. The topological polar surface area (TPSA) is 210 Å². The van der Waals surface area contributed by atoms with E-state index in [2.05, 4.69) is 20.5 Å². The highest BCUT2D eigenvalue weighted by molar-refractivity contribution is 7.86. The fourth-order valence-corrected chi connectivity index (χ4v) is 7.49. The number of nitrogens with zero attached hydrogens (tertiary/aromatic N) is 4. The van der Waals surface area contributed by atoms with E-state index in [1.807, 2.05) is 38.1 Å². The van der Waals surface area contributed by atoms with E-state index < -0.39 is 30.0 Å². The smallest absolute Gasteiger partial charge is 0.296 e. The van der Waals surface area contributed by atoms with Gasteiger partial charge in [-0.3, -0.25) is 9.11 Å². The van der Waals surface area contributed by atoms with Gasteiger partial charge in [0.15, 0.2) is 0 Å². The second-order valence-electron chi connectivity index (χ2n) is 12.3. The summed E-state index contributed by atoms with van der Waals surface area (Å²) in [5.41, 5.74) is 17.1. The molecule has 0 bridgehead atoms. The average Bonchev–Trinajstić information content (AvgIpc) is 3.11. The highest BCUT2D eigenvalue weighted by Crippen LogP contribution is 2.41. The minimum Gasteiger partial charge on any atom is -0.396 e. The molecule has 6 aromatic carbocycles. The molecule has 0 unspecified atom stereocenters. The molecule has 0 aliphatic heterocycles. The van der Waals surface area contributed by atoms with Gasteiger partial charge in [0.05, 0.1) is 22.7 Å². The van der Waals surface area contributed by atoms with E-state index in [-0.39, 0.29) is 22.7 Å². The lowest BCUT2D eigenvalue weighted by Crippen LogP contribution is -2.01. The molecule has 0 fully saturated rings. The predicted molar refractivity (Wildman–Crippen MR) is 205 cm³/mol. The van der Waals surface area contributed by atoms with Gasteiger partial charge in [0.2, 0.25) is 0 Å². The molecule has 0 heterocycles. The average molecular weight is 737 g/mol. The lowest BCUT2D eigenvalue weighted by Gasteiger charge is -2.12. The summed E-state index contributed by atoms with van der Waals surface area (Å²) in [6.07, 6.45) is 2.89. The van der Waals surface area contributed by atoms with Gasteiger partial charge in [-0.15, -0.1) is 10.2 Å². The number of aryl methyl sites for hydroxylation is 2. The molecule has 266 valence electrons. The molecule has 14 heteroatoms. The number of benzene rings is 6. The van der Waals surface area contributed by atoms with Gasteiger partial charge in [-0.25, -0.2) is 0 Å². The summed E-state index contributed by atoms with van der Waals surface area (Å²) in [5.74, 6) is 0. The predicted octanol–water partition coefficient (Wildman–Crippen LogP) is 10.1. The first-order chi connectivity index (χ1) is 24.8. The van der Waals surface area contributed by atoms with E-state index >= 15 is 0 Å². The first-order valence-corrected chi connectivity index (χ1v) is 19.3. The maximum absolute atomic E-state index is 12.3. The van der Waals surface area contributed by atoms with Gasteiger partial charge >= 0.3 is 0 Å². The van der Waals surface area contributed by atoms with Crippen LogP contribution in [0.1, 0.15) is 37.8 Å². The Balaban J connectivity index is 1.38. The Kier molecular flexibility index (Phi) is 10.2. The Morgan fingerprint density at radius 1 is 0.538 bits per heavy atom. The zero-order chi connectivity index (χ0) is 37.2.